The van der Waals surface area contributed by atoms with Crippen molar-refractivity contribution in [2.75, 3.05) is 0 Å². The third-order valence-electron chi connectivity index (χ3n) is 9.90. The lowest BCUT2D eigenvalue weighted by Gasteiger charge is -2.61. The van der Waals surface area contributed by atoms with Crippen LogP contribution in [0.1, 0.15) is 88.7 Å². The largest absolute Gasteiger partial charge is 0.508 e. The van der Waals surface area contributed by atoms with E-state index in [1.165, 1.54) is 11.1 Å². The first kappa shape index (κ1) is 25.6. The van der Waals surface area contributed by atoms with E-state index in [0.29, 0.717) is 18.8 Å². The first-order chi connectivity index (χ1) is 15.9. The molecule has 0 spiro atoms. The van der Waals surface area contributed by atoms with Gasteiger partial charge in [0.05, 0.1) is 5.60 Å². The summed E-state index contributed by atoms with van der Waals surface area (Å²) in [7, 11) is 0. The molecule has 0 bridgehead atoms. The molecular formula is C28H39F3O3. The van der Waals surface area contributed by atoms with Gasteiger partial charge in [0.2, 0.25) is 0 Å². The van der Waals surface area contributed by atoms with Gasteiger partial charge in [0.25, 0.3) is 0 Å². The molecule has 0 saturated heterocycles. The van der Waals surface area contributed by atoms with E-state index in [4.69, 9.17) is 0 Å². The van der Waals surface area contributed by atoms with Gasteiger partial charge in [0.15, 0.2) is 0 Å². The monoisotopic (exact) mass is 480 g/mol. The zero-order valence-corrected chi connectivity index (χ0v) is 20.4. The lowest BCUT2D eigenvalue weighted by Crippen LogP contribution is -2.56. The topological polar surface area (TPSA) is 60.7 Å². The highest BCUT2D eigenvalue weighted by atomic mass is 19.4. The van der Waals surface area contributed by atoms with Crippen LogP contribution in [0, 0.1) is 22.7 Å². The van der Waals surface area contributed by atoms with Gasteiger partial charge in [-0.2, -0.15) is 13.2 Å². The molecule has 0 aliphatic heterocycles. The van der Waals surface area contributed by atoms with Crippen molar-refractivity contribution in [2.45, 2.75) is 102 Å². The van der Waals surface area contributed by atoms with Crippen molar-refractivity contribution >= 4 is 0 Å². The van der Waals surface area contributed by atoms with Crippen molar-refractivity contribution < 1.29 is 28.5 Å². The van der Waals surface area contributed by atoms with E-state index in [0.717, 1.165) is 44.9 Å². The molecular weight excluding hydrogens is 441 g/mol. The van der Waals surface area contributed by atoms with Crippen LogP contribution in [0.3, 0.4) is 0 Å². The minimum atomic E-state index is -4.55. The SMILES string of the molecule is C=C[C@@]12CCc3cc(O)ccc3[C@H]1[C@@H](CCCCCC(O)C(F)(F)F)C[C@@]1(C)[C@H]2CC[C@]1(C)O. The Kier molecular flexibility index (Phi) is 6.65. The second-order valence-corrected chi connectivity index (χ2v) is 11.6. The maximum absolute atomic E-state index is 12.6. The summed E-state index contributed by atoms with van der Waals surface area (Å²) in [4.78, 5) is 0. The number of phenols is 1. The Morgan fingerprint density at radius 2 is 1.91 bits per heavy atom. The molecule has 0 amide bonds. The van der Waals surface area contributed by atoms with Crippen LogP contribution >= 0.6 is 0 Å². The quantitative estimate of drug-likeness (QED) is 0.302. The standard InChI is InChI=1S/C28H39F3O3/c1-4-27-15-12-18-16-20(32)10-11-21(18)24(27)19(8-6-5-7-9-23(33)28(29,30)31)17-25(2)22(27)13-14-26(25,3)34/h4,10-11,16,19,22-24,32-34H,1,5-9,12-15,17H2,2-3H3/t19-,22+,23?,24+,25-,26-,27-/m0/s1. The molecule has 2 saturated carbocycles. The van der Waals surface area contributed by atoms with Crippen molar-refractivity contribution in [1.82, 2.24) is 0 Å². The van der Waals surface area contributed by atoms with E-state index >= 15 is 0 Å². The van der Waals surface area contributed by atoms with Gasteiger partial charge in [-0.25, -0.2) is 0 Å². The lowest BCUT2D eigenvalue weighted by molar-refractivity contribution is -0.205. The molecule has 4 rings (SSSR count). The van der Waals surface area contributed by atoms with Gasteiger partial charge in [0, 0.05) is 0 Å². The number of alkyl halides is 3. The lowest BCUT2D eigenvalue weighted by atomic mass is 9.43. The first-order valence-corrected chi connectivity index (χ1v) is 12.8. The van der Waals surface area contributed by atoms with E-state index in [1.807, 2.05) is 13.0 Å². The molecule has 3 aliphatic carbocycles. The van der Waals surface area contributed by atoms with Crippen molar-refractivity contribution in [3.63, 3.8) is 0 Å². The van der Waals surface area contributed by atoms with Gasteiger partial charge in [-0.3, -0.25) is 0 Å². The van der Waals surface area contributed by atoms with Crippen LogP contribution in [0.4, 0.5) is 13.2 Å². The van der Waals surface area contributed by atoms with Crippen LogP contribution in [0.15, 0.2) is 30.9 Å². The molecule has 3 N–H and O–H groups in total. The first-order valence-electron chi connectivity index (χ1n) is 12.8. The average Bonchev–Trinajstić information content (AvgIpc) is 3.01. The van der Waals surface area contributed by atoms with Crippen LogP contribution in [0.25, 0.3) is 0 Å². The highest BCUT2D eigenvalue weighted by Crippen LogP contribution is 2.71. The Morgan fingerprint density at radius 1 is 1.18 bits per heavy atom. The molecule has 190 valence electrons. The summed E-state index contributed by atoms with van der Waals surface area (Å²) in [5, 5.41) is 30.8. The number of benzene rings is 1. The van der Waals surface area contributed by atoms with Crippen molar-refractivity contribution in [2.24, 2.45) is 22.7 Å². The van der Waals surface area contributed by atoms with Crippen molar-refractivity contribution in [1.29, 1.82) is 0 Å². The predicted octanol–water partition coefficient (Wildman–Crippen LogP) is 6.66. The number of hydrogen-bond acceptors (Lipinski definition) is 3. The number of fused-ring (bicyclic) bond motifs is 5. The number of aliphatic hydroxyl groups excluding tert-OH is 1. The summed E-state index contributed by atoms with van der Waals surface area (Å²) < 4.78 is 37.9. The van der Waals surface area contributed by atoms with Gasteiger partial charge in [-0.15, -0.1) is 6.58 Å². The summed E-state index contributed by atoms with van der Waals surface area (Å²) >= 11 is 0. The highest BCUT2D eigenvalue weighted by molar-refractivity contribution is 5.43. The van der Waals surface area contributed by atoms with Gasteiger partial charge in [0.1, 0.15) is 11.9 Å². The number of halogens is 3. The number of aliphatic hydroxyl groups is 2. The van der Waals surface area contributed by atoms with Crippen LogP contribution in [0.2, 0.25) is 0 Å². The molecule has 1 aromatic rings. The van der Waals surface area contributed by atoms with E-state index in [1.54, 1.807) is 6.07 Å². The fraction of sp³-hybridized carbons (Fsp3) is 0.714. The summed E-state index contributed by atoms with van der Waals surface area (Å²) in [6.45, 7) is 8.50. The van der Waals surface area contributed by atoms with Gasteiger partial charge in [-0.1, -0.05) is 38.3 Å². The van der Waals surface area contributed by atoms with E-state index in [-0.39, 0.29) is 34.8 Å². The highest BCUT2D eigenvalue weighted by Gasteiger charge is 2.66. The molecule has 1 unspecified atom stereocenters. The fourth-order valence-electron chi connectivity index (χ4n) is 8.01. The Balaban J connectivity index is 1.60. The average molecular weight is 481 g/mol. The van der Waals surface area contributed by atoms with Gasteiger partial charge in [-0.05, 0) is 104 Å². The number of allylic oxidation sites excluding steroid dienone is 1. The summed E-state index contributed by atoms with van der Waals surface area (Å²) in [6, 6.07) is 5.68. The molecule has 3 nitrogen and oxygen atoms in total. The van der Waals surface area contributed by atoms with E-state index in [9.17, 15) is 28.5 Å². The minimum absolute atomic E-state index is 0.144. The Morgan fingerprint density at radius 3 is 2.59 bits per heavy atom. The zero-order valence-electron chi connectivity index (χ0n) is 20.4. The molecule has 0 aromatic heterocycles. The van der Waals surface area contributed by atoms with Gasteiger partial charge >= 0.3 is 6.18 Å². The number of aromatic hydroxyl groups is 1. The number of aryl methyl sites for hydroxylation is 1. The second kappa shape index (κ2) is 8.85. The third-order valence-corrected chi connectivity index (χ3v) is 9.90. The molecule has 0 radical (unpaired) electrons. The number of phenolic OH excluding ortho intramolecular Hbond substituents is 1. The number of unbranched alkanes of at least 4 members (excludes halogenated alkanes) is 2. The molecule has 34 heavy (non-hydrogen) atoms. The zero-order chi connectivity index (χ0) is 24.9. The Bertz CT molecular complexity index is 911. The Hall–Kier alpha value is -1.53. The van der Waals surface area contributed by atoms with E-state index < -0.39 is 17.9 Å². The van der Waals surface area contributed by atoms with Crippen molar-refractivity contribution in [3.05, 3.63) is 42.0 Å². The van der Waals surface area contributed by atoms with Gasteiger partial charge < -0.3 is 15.3 Å². The van der Waals surface area contributed by atoms with Crippen LogP contribution < -0.4 is 0 Å². The van der Waals surface area contributed by atoms with Crippen molar-refractivity contribution in [3.8, 4) is 5.75 Å². The normalized spacial score (nSPS) is 38.0. The maximum Gasteiger partial charge on any atom is 0.414 e. The minimum Gasteiger partial charge on any atom is -0.508 e. The number of hydrogen-bond donors (Lipinski definition) is 3. The van der Waals surface area contributed by atoms with Crippen LogP contribution in [0.5, 0.6) is 5.75 Å². The molecule has 7 atom stereocenters. The van der Waals surface area contributed by atoms with Crippen LogP contribution in [-0.4, -0.2) is 33.2 Å². The second-order valence-electron chi connectivity index (χ2n) is 11.6. The van der Waals surface area contributed by atoms with Crippen LogP contribution in [-0.2, 0) is 6.42 Å². The predicted molar refractivity (Wildman–Crippen MR) is 127 cm³/mol. The fourth-order valence-corrected chi connectivity index (χ4v) is 8.01. The summed E-state index contributed by atoms with van der Waals surface area (Å²) in [5.74, 6) is 1.08. The summed E-state index contributed by atoms with van der Waals surface area (Å²) in [5.41, 5.74) is 1.28. The molecule has 3 aliphatic rings. The smallest absolute Gasteiger partial charge is 0.414 e. The van der Waals surface area contributed by atoms with E-state index in [2.05, 4.69) is 25.6 Å². The molecule has 6 heteroatoms. The third kappa shape index (κ3) is 4.09. The molecule has 2 fully saturated rings. The number of rotatable bonds is 7. The maximum atomic E-state index is 12.6. The Labute approximate surface area is 201 Å². The molecule has 0 heterocycles. The molecule has 1 aromatic carbocycles. The summed E-state index contributed by atoms with van der Waals surface area (Å²) in [6.07, 6.45) is 2.10.